The van der Waals surface area contributed by atoms with E-state index in [0.717, 1.165) is 0 Å². The van der Waals surface area contributed by atoms with Gasteiger partial charge >= 0.3 is 23.9 Å². The minimum atomic E-state index is -0.871. The summed E-state index contributed by atoms with van der Waals surface area (Å²) in [6.45, 7) is 4.81. The van der Waals surface area contributed by atoms with Crippen molar-refractivity contribution >= 4 is 29.6 Å². The highest BCUT2D eigenvalue weighted by Gasteiger charge is 2.26. The second-order valence-electron chi connectivity index (χ2n) is 6.15. The maximum atomic E-state index is 12.2. The second kappa shape index (κ2) is 10.3. The molecule has 0 bridgehead atoms. The minimum Gasteiger partial charge on any atom is -0.462 e. The lowest BCUT2D eigenvalue weighted by Crippen LogP contribution is -2.49. The molecule has 0 atom stereocenters. The van der Waals surface area contributed by atoms with Crippen molar-refractivity contribution in [3.63, 3.8) is 0 Å². The van der Waals surface area contributed by atoms with Crippen LogP contribution in [0.1, 0.15) is 37.0 Å². The number of hydrogen-bond donors (Lipinski definition) is 2. The number of nitrogens with one attached hydrogen (secondary N) is 2. The number of carbonyl (C=O) groups is 4. The molecule has 0 aliphatic carbocycles. The Morgan fingerprint density at radius 1 is 1.00 bits per heavy atom. The van der Waals surface area contributed by atoms with Gasteiger partial charge in [-0.05, 0) is 38.8 Å². The van der Waals surface area contributed by atoms with Gasteiger partial charge in [0.1, 0.15) is 0 Å². The van der Waals surface area contributed by atoms with Crippen LogP contribution < -0.4 is 10.6 Å². The van der Waals surface area contributed by atoms with E-state index >= 15 is 0 Å². The Labute approximate surface area is 163 Å². The molecule has 1 fully saturated rings. The van der Waals surface area contributed by atoms with E-state index in [9.17, 15) is 19.2 Å². The van der Waals surface area contributed by atoms with E-state index in [0.29, 0.717) is 32.5 Å². The largest absolute Gasteiger partial charge is 0.462 e. The molecule has 1 saturated heterocycles. The Morgan fingerprint density at radius 3 is 2.29 bits per heavy atom. The molecule has 152 valence electrons. The highest BCUT2D eigenvalue weighted by Crippen LogP contribution is 2.16. The third kappa shape index (κ3) is 5.70. The number of hydrogen-bond acceptors (Lipinski definition) is 6. The molecule has 1 heterocycles. The van der Waals surface area contributed by atoms with Crippen molar-refractivity contribution in [2.24, 2.45) is 0 Å². The van der Waals surface area contributed by atoms with Gasteiger partial charge in [-0.1, -0.05) is 12.1 Å². The predicted molar refractivity (Wildman–Crippen MR) is 101 cm³/mol. The zero-order valence-corrected chi connectivity index (χ0v) is 16.0. The maximum absolute atomic E-state index is 12.2. The first-order valence-electron chi connectivity index (χ1n) is 9.25. The number of carbonyl (C=O) groups excluding carboxylic acids is 4. The van der Waals surface area contributed by atoms with Crippen LogP contribution in [0.2, 0.25) is 0 Å². The molecule has 1 aliphatic heterocycles. The quantitative estimate of drug-likeness (QED) is 0.581. The number of piperidine rings is 1. The zero-order valence-electron chi connectivity index (χ0n) is 16.0. The average Bonchev–Trinajstić information content (AvgIpc) is 2.69. The number of rotatable bonds is 5. The molecule has 0 spiro atoms. The summed E-state index contributed by atoms with van der Waals surface area (Å²) in [6.07, 6.45) is 0.676. The van der Waals surface area contributed by atoms with E-state index in [1.54, 1.807) is 30.9 Å². The summed E-state index contributed by atoms with van der Waals surface area (Å²) >= 11 is 0. The van der Waals surface area contributed by atoms with Gasteiger partial charge in [0.2, 0.25) is 0 Å². The molecule has 1 aliphatic rings. The van der Waals surface area contributed by atoms with Gasteiger partial charge in [0.25, 0.3) is 0 Å². The average molecular weight is 391 g/mol. The van der Waals surface area contributed by atoms with Crippen molar-refractivity contribution in [3.8, 4) is 0 Å². The van der Waals surface area contributed by atoms with Crippen LogP contribution in [0.3, 0.4) is 0 Å². The molecule has 0 unspecified atom stereocenters. The monoisotopic (exact) mass is 391 g/mol. The number of nitrogens with zero attached hydrogens (tertiary/aromatic N) is 1. The van der Waals surface area contributed by atoms with Crippen LogP contribution in [0.4, 0.5) is 10.5 Å². The Hall–Kier alpha value is -3.10. The lowest BCUT2D eigenvalue weighted by Gasteiger charge is -2.31. The number of para-hydroxylation sites is 1. The maximum Gasteiger partial charge on any atom is 0.409 e. The first-order chi connectivity index (χ1) is 13.5. The fourth-order valence-corrected chi connectivity index (χ4v) is 2.83. The summed E-state index contributed by atoms with van der Waals surface area (Å²) in [5.41, 5.74) is 0.381. The van der Waals surface area contributed by atoms with Crippen LogP contribution in [-0.2, 0) is 19.1 Å². The lowest BCUT2D eigenvalue weighted by molar-refractivity contribution is -0.136. The zero-order chi connectivity index (χ0) is 20.5. The molecule has 0 aromatic heterocycles. The number of likely N-dealkylation sites (tertiary alicyclic amines) is 1. The first-order valence-corrected chi connectivity index (χ1v) is 9.25. The summed E-state index contributed by atoms with van der Waals surface area (Å²) in [5, 5.41) is 5.10. The van der Waals surface area contributed by atoms with Gasteiger partial charge in [-0.3, -0.25) is 9.59 Å². The highest BCUT2D eigenvalue weighted by molar-refractivity contribution is 6.40. The van der Waals surface area contributed by atoms with Crippen LogP contribution in [0.25, 0.3) is 0 Å². The molecule has 3 amide bonds. The predicted octanol–water partition coefficient (Wildman–Crippen LogP) is 1.54. The van der Waals surface area contributed by atoms with Crippen molar-refractivity contribution < 1.29 is 28.7 Å². The fourth-order valence-electron chi connectivity index (χ4n) is 2.83. The summed E-state index contributed by atoms with van der Waals surface area (Å²) in [6, 6.07) is 6.09. The number of esters is 1. The SMILES string of the molecule is CCOC(=O)c1ccccc1NC(=O)C(=O)NC1CCN(C(=O)OCC)CC1. The summed E-state index contributed by atoms with van der Waals surface area (Å²) in [5.74, 6) is -2.25. The summed E-state index contributed by atoms with van der Waals surface area (Å²) in [4.78, 5) is 49.6. The van der Waals surface area contributed by atoms with Crippen molar-refractivity contribution in [3.05, 3.63) is 29.8 Å². The van der Waals surface area contributed by atoms with E-state index in [2.05, 4.69) is 10.6 Å². The highest BCUT2D eigenvalue weighted by atomic mass is 16.6. The van der Waals surface area contributed by atoms with Gasteiger partial charge in [0.05, 0.1) is 24.5 Å². The van der Waals surface area contributed by atoms with Gasteiger partial charge in [-0.2, -0.15) is 0 Å². The molecule has 1 aromatic carbocycles. The van der Waals surface area contributed by atoms with Gasteiger partial charge in [0.15, 0.2) is 0 Å². The second-order valence-corrected chi connectivity index (χ2v) is 6.15. The van der Waals surface area contributed by atoms with Crippen molar-refractivity contribution in [2.75, 3.05) is 31.6 Å². The molecule has 0 radical (unpaired) electrons. The van der Waals surface area contributed by atoms with Gasteiger partial charge < -0.3 is 25.0 Å². The van der Waals surface area contributed by atoms with Crippen LogP contribution >= 0.6 is 0 Å². The Bertz CT molecular complexity index is 728. The molecule has 9 nitrogen and oxygen atoms in total. The molecule has 1 aromatic rings. The third-order valence-electron chi connectivity index (χ3n) is 4.23. The standard InChI is InChI=1S/C19H25N3O6/c1-3-27-18(25)14-7-5-6-8-15(14)21-17(24)16(23)20-13-9-11-22(12-10-13)19(26)28-4-2/h5-8,13H,3-4,9-12H2,1-2H3,(H,20,23)(H,21,24). The lowest BCUT2D eigenvalue weighted by atomic mass is 10.1. The van der Waals surface area contributed by atoms with Crippen molar-refractivity contribution in [2.45, 2.75) is 32.7 Å². The molecule has 9 heteroatoms. The number of ether oxygens (including phenoxy) is 2. The van der Waals surface area contributed by atoms with Crippen LogP contribution in [0, 0.1) is 0 Å². The Kier molecular flexibility index (Phi) is 7.79. The number of amides is 3. The summed E-state index contributed by atoms with van der Waals surface area (Å²) in [7, 11) is 0. The number of anilines is 1. The molecular formula is C19H25N3O6. The van der Waals surface area contributed by atoms with E-state index in [4.69, 9.17) is 9.47 Å². The van der Waals surface area contributed by atoms with Crippen LogP contribution in [0.5, 0.6) is 0 Å². The Balaban J connectivity index is 1.88. The molecule has 0 saturated carbocycles. The molecule has 2 rings (SSSR count). The van der Waals surface area contributed by atoms with Gasteiger partial charge in [-0.15, -0.1) is 0 Å². The van der Waals surface area contributed by atoms with Crippen molar-refractivity contribution in [1.82, 2.24) is 10.2 Å². The van der Waals surface area contributed by atoms with E-state index in [1.165, 1.54) is 12.1 Å². The fraction of sp³-hybridized carbons (Fsp3) is 0.474. The smallest absolute Gasteiger partial charge is 0.409 e. The minimum absolute atomic E-state index is 0.174. The van der Waals surface area contributed by atoms with E-state index < -0.39 is 17.8 Å². The normalized spacial score (nSPS) is 14.1. The van der Waals surface area contributed by atoms with Crippen LogP contribution in [0.15, 0.2) is 24.3 Å². The Morgan fingerprint density at radius 2 is 1.64 bits per heavy atom. The molecule has 2 N–H and O–H groups in total. The topological polar surface area (TPSA) is 114 Å². The molecule has 28 heavy (non-hydrogen) atoms. The first kappa shape index (κ1) is 21.2. The van der Waals surface area contributed by atoms with Crippen LogP contribution in [-0.4, -0.2) is 61.1 Å². The number of benzene rings is 1. The van der Waals surface area contributed by atoms with Gasteiger partial charge in [-0.25, -0.2) is 9.59 Å². The third-order valence-corrected chi connectivity index (χ3v) is 4.23. The van der Waals surface area contributed by atoms with Gasteiger partial charge in [0, 0.05) is 19.1 Å². The molecular weight excluding hydrogens is 366 g/mol. The van der Waals surface area contributed by atoms with E-state index in [-0.39, 0.29) is 30.0 Å². The van der Waals surface area contributed by atoms with Crippen molar-refractivity contribution in [1.29, 1.82) is 0 Å². The van der Waals surface area contributed by atoms with E-state index in [1.807, 2.05) is 0 Å². The summed E-state index contributed by atoms with van der Waals surface area (Å²) < 4.78 is 9.89.